The molecule has 0 aliphatic heterocycles. The minimum Gasteiger partial charge on any atom is -0.497 e. The Morgan fingerprint density at radius 1 is 1.56 bits per heavy atom. The minimum atomic E-state index is -0.758. The lowest BCUT2D eigenvalue weighted by molar-refractivity contribution is -0.136. The van der Waals surface area contributed by atoms with E-state index < -0.39 is 5.97 Å². The molecular weight excluding hydrogens is 224 g/mol. The molecule has 1 atom stereocenters. The van der Waals surface area contributed by atoms with Crippen molar-refractivity contribution in [2.75, 3.05) is 7.11 Å². The van der Waals surface area contributed by atoms with Crippen LogP contribution in [0.4, 0.5) is 0 Å². The van der Waals surface area contributed by atoms with Crippen LogP contribution >= 0.6 is 11.8 Å². The molecule has 4 heteroatoms. The molecule has 1 rings (SSSR count). The zero-order chi connectivity index (χ0) is 12.1. The van der Waals surface area contributed by atoms with Crippen LogP contribution in [0.2, 0.25) is 0 Å². The van der Waals surface area contributed by atoms with Crippen LogP contribution in [0.3, 0.4) is 0 Å². The summed E-state index contributed by atoms with van der Waals surface area (Å²) in [6.45, 7) is 3.92. The highest BCUT2D eigenvalue weighted by molar-refractivity contribution is 8.00. The van der Waals surface area contributed by atoms with Crippen LogP contribution in [0, 0.1) is 6.92 Å². The predicted octanol–water partition coefficient (Wildman–Crippen LogP) is 2.96. The Hall–Kier alpha value is -1.16. The highest BCUT2D eigenvalue weighted by atomic mass is 32.2. The van der Waals surface area contributed by atoms with E-state index in [4.69, 9.17) is 9.84 Å². The molecule has 0 saturated heterocycles. The number of rotatable bonds is 5. The van der Waals surface area contributed by atoms with Crippen molar-refractivity contribution in [3.63, 3.8) is 0 Å². The zero-order valence-electron chi connectivity index (χ0n) is 9.69. The molecule has 1 unspecified atom stereocenters. The Balaban J connectivity index is 2.70. The van der Waals surface area contributed by atoms with E-state index in [0.29, 0.717) is 0 Å². The Bertz CT molecular complexity index is 377. The molecule has 0 amide bonds. The van der Waals surface area contributed by atoms with Gasteiger partial charge in [-0.05, 0) is 30.7 Å². The fraction of sp³-hybridized carbons (Fsp3) is 0.417. The number of hydrogen-bond acceptors (Lipinski definition) is 3. The second-order valence-electron chi connectivity index (χ2n) is 3.66. The summed E-state index contributed by atoms with van der Waals surface area (Å²) in [6.07, 6.45) is 0.177. The van der Waals surface area contributed by atoms with Gasteiger partial charge in [0.25, 0.3) is 0 Å². The molecule has 0 fully saturated rings. The summed E-state index contributed by atoms with van der Waals surface area (Å²) in [5.41, 5.74) is 1.11. The van der Waals surface area contributed by atoms with Gasteiger partial charge in [-0.3, -0.25) is 4.79 Å². The van der Waals surface area contributed by atoms with Crippen molar-refractivity contribution in [2.24, 2.45) is 0 Å². The SMILES string of the molecule is COc1ccc(SC(C)CC(=O)O)c(C)c1. The smallest absolute Gasteiger partial charge is 0.304 e. The second kappa shape index (κ2) is 5.80. The number of hydrogen-bond donors (Lipinski definition) is 1. The van der Waals surface area contributed by atoms with E-state index in [2.05, 4.69) is 0 Å². The second-order valence-corrected chi connectivity index (χ2v) is 5.14. The van der Waals surface area contributed by atoms with Gasteiger partial charge in [-0.15, -0.1) is 11.8 Å². The van der Waals surface area contributed by atoms with Crippen LogP contribution < -0.4 is 4.74 Å². The number of thioether (sulfide) groups is 1. The first-order chi connectivity index (χ1) is 7.52. The molecule has 88 valence electrons. The molecular formula is C12H16O3S. The molecule has 0 heterocycles. The van der Waals surface area contributed by atoms with E-state index >= 15 is 0 Å². The summed E-state index contributed by atoms with van der Waals surface area (Å²) in [6, 6.07) is 5.82. The molecule has 16 heavy (non-hydrogen) atoms. The van der Waals surface area contributed by atoms with E-state index in [1.807, 2.05) is 32.0 Å². The summed E-state index contributed by atoms with van der Waals surface area (Å²) >= 11 is 1.58. The molecule has 3 nitrogen and oxygen atoms in total. The highest BCUT2D eigenvalue weighted by Crippen LogP contribution is 2.30. The van der Waals surface area contributed by atoms with E-state index in [0.717, 1.165) is 16.2 Å². The van der Waals surface area contributed by atoms with Crippen molar-refractivity contribution in [2.45, 2.75) is 30.4 Å². The van der Waals surface area contributed by atoms with Gasteiger partial charge in [-0.25, -0.2) is 0 Å². The van der Waals surface area contributed by atoms with E-state index in [-0.39, 0.29) is 11.7 Å². The summed E-state index contributed by atoms with van der Waals surface area (Å²) in [5.74, 6) is 0.0684. The van der Waals surface area contributed by atoms with Crippen LogP contribution in [0.5, 0.6) is 5.75 Å². The molecule has 0 saturated carbocycles. The number of carbonyl (C=O) groups is 1. The third kappa shape index (κ3) is 3.77. The Morgan fingerprint density at radius 3 is 2.75 bits per heavy atom. The van der Waals surface area contributed by atoms with Gasteiger partial charge in [0.05, 0.1) is 13.5 Å². The molecule has 0 aromatic heterocycles. The fourth-order valence-electron chi connectivity index (χ4n) is 1.39. The lowest BCUT2D eigenvalue weighted by Gasteiger charge is -2.11. The van der Waals surface area contributed by atoms with Crippen LogP contribution in [-0.2, 0) is 4.79 Å². The van der Waals surface area contributed by atoms with Gasteiger partial charge in [-0.2, -0.15) is 0 Å². The van der Waals surface area contributed by atoms with Gasteiger partial charge in [0.2, 0.25) is 0 Å². The first kappa shape index (κ1) is 12.9. The highest BCUT2D eigenvalue weighted by Gasteiger charge is 2.10. The van der Waals surface area contributed by atoms with Crippen molar-refractivity contribution < 1.29 is 14.6 Å². The Kier molecular flexibility index (Phi) is 4.68. The first-order valence-electron chi connectivity index (χ1n) is 5.06. The molecule has 0 spiro atoms. The maximum absolute atomic E-state index is 10.6. The number of benzene rings is 1. The maximum atomic E-state index is 10.6. The summed E-state index contributed by atoms with van der Waals surface area (Å²) < 4.78 is 5.12. The Labute approximate surface area is 99.8 Å². The number of aliphatic carboxylic acids is 1. The monoisotopic (exact) mass is 240 g/mol. The third-order valence-electron chi connectivity index (χ3n) is 2.17. The van der Waals surface area contributed by atoms with Gasteiger partial charge < -0.3 is 9.84 Å². The molecule has 1 aromatic rings. The molecule has 1 aromatic carbocycles. The van der Waals surface area contributed by atoms with E-state index in [9.17, 15) is 4.79 Å². The minimum absolute atomic E-state index is 0.0737. The Morgan fingerprint density at radius 2 is 2.25 bits per heavy atom. The summed E-state index contributed by atoms with van der Waals surface area (Å²) in [5, 5.41) is 8.75. The quantitative estimate of drug-likeness (QED) is 0.804. The van der Waals surface area contributed by atoms with Gasteiger partial charge >= 0.3 is 5.97 Å². The number of ether oxygens (including phenoxy) is 1. The normalized spacial score (nSPS) is 12.2. The summed E-state index contributed by atoms with van der Waals surface area (Å²) in [4.78, 5) is 11.7. The summed E-state index contributed by atoms with van der Waals surface area (Å²) in [7, 11) is 1.63. The van der Waals surface area contributed by atoms with Crippen molar-refractivity contribution >= 4 is 17.7 Å². The van der Waals surface area contributed by atoms with Crippen LogP contribution in [0.15, 0.2) is 23.1 Å². The maximum Gasteiger partial charge on any atom is 0.304 e. The predicted molar refractivity (Wildman–Crippen MR) is 65.3 cm³/mol. The van der Waals surface area contributed by atoms with Gasteiger partial charge in [0, 0.05) is 10.1 Å². The molecule has 0 aliphatic rings. The topological polar surface area (TPSA) is 46.5 Å². The van der Waals surface area contributed by atoms with Gasteiger partial charge in [0.15, 0.2) is 0 Å². The van der Waals surface area contributed by atoms with Crippen molar-refractivity contribution in [3.05, 3.63) is 23.8 Å². The molecule has 0 aliphatic carbocycles. The lowest BCUT2D eigenvalue weighted by atomic mass is 10.2. The van der Waals surface area contributed by atoms with Crippen molar-refractivity contribution in [3.8, 4) is 5.75 Å². The lowest BCUT2D eigenvalue weighted by Crippen LogP contribution is -2.05. The number of aryl methyl sites for hydroxylation is 1. The molecule has 0 bridgehead atoms. The van der Waals surface area contributed by atoms with Crippen LogP contribution in [-0.4, -0.2) is 23.4 Å². The first-order valence-corrected chi connectivity index (χ1v) is 5.94. The average Bonchev–Trinajstić information content (AvgIpc) is 2.19. The van der Waals surface area contributed by atoms with Gasteiger partial charge in [0.1, 0.15) is 5.75 Å². The van der Waals surface area contributed by atoms with E-state index in [1.165, 1.54) is 0 Å². The molecule has 1 N–H and O–H groups in total. The zero-order valence-corrected chi connectivity index (χ0v) is 10.5. The standard InChI is InChI=1S/C12H16O3S/c1-8-6-10(15-3)4-5-11(8)16-9(2)7-12(13)14/h4-6,9H,7H2,1-3H3,(H,13,14). The van der Waals surface area contributed by atoms with Crippen molar-refractivity contribution in [1.82, 2.24) is 0 Å². The largest absolute Gasteiger partial charge is 0.497 e. The number of methoxy groups -OCH3 is 1. The van der Waals surface area contributed by atoms with E-state index in [1.54, 1.807) is 18.9 Å². The average molecular weight is 240 g/mol. The number of carboxylic acid groups (broad SMARTS) is 1. The van der Waals surface area contributed by atoms with Crippen LogP contribution in [0.25, 0.3) is 0 Å². The third-order valence-corrected chi connectivity index (χ3v) is 3.45. The fourth-order valence-corrected chi connectivity index (χ4v) is 2.44. The van der Waals surface area contributed by atoms with Crippen LogP contribution in [0.1, 0.15) is 18.9 Å². The number of carboxylic acids is 1. The van der Waals surface area contributed by atoms with Crippen molar-refractivity contribution in [1.29, 1.82) is 0 Å². The molecule has 0 radical (unpaired) electrons. The van der Waals surface area contributed by atoms with Gasteiger partial charge in [-0.1, -0.05) is 6.92 Å².